The van der Waals surface area contributed by atoms with Crippen LogP contribution in [0.25, 0.3) is 22.3 Å². The smallest absolute Gasteiger partial charge is 0.336 e. The highest BCUT2D eigenvalue weighted by Gasteiger charge is 2.47. The highest BCUT2D eigenvalue weighted by molar-refractivity contribution is 5.99. The molecule has 4 aromatic rings. The maximum atomic E-state index is 15.5. The van der Waals surface area contributed by atoms with Gasteiger partial charge in [-0.2, -0.15) is 9.49 Å². The first-order valence-corrected chi connectivity index (χ1v) is 12.4. The van der Waals surface area contributed by atoms with E-state index in [1.165, 1.54) is 35.3 Å². The van der Waals surface area contributed by atoms with Crippen molar-refractivity contribution in [2.75, 3.05) is 18.8 Å². The van der Waals surface area contributed by atoms with E-state index in [0.29, 0.717) is 19.4 Å². The molecule has 0 aliphatic carbocycles. The first kappa shape index (κ1) is 26.4. The second-order valence-electron chi connectivity index (χ2n) is 10.3. The minimum absolute atomic E-state index is 0.0235. The van der Waals surface area contributed by atoms with Gasteiger partial charge in [-0.05, 0) is 64.4 Å². The van der Waals surface area contributed by atoms with Gasteiger partial charge in [0.15, 0.2) is 22.8 Å². The zero-order valence-electron chi connectivity index (χ0n) is 21.6. The molecule has 204 valence electrons. The fourth-order valence-corrected chi connectivity index (χ4v) is 4.61. The van der Waals surface area contributed by atoms with Crippen LogP contribution < -0.4 is 15.8 Å². The number of anilines is 1. The summed E-state index contributed by atoms with van der Waals surface area (Å²) in [6, 6.07) is 7.24. The van der Waals surface area contributed by atoms with Crippen LogP contribution in [-0.2, 0) is 15.1 Å². The Labute approximate surface area is 222 Å². The van der Waals surface area contributed by atoms with Crippen LogP contribution in [0, 0.1) is 17.5 Å². The Bertz CT molecular complexity index is 1560. The van der Waals surface area contributed by atoms with E-state index in [1.54, 1.807) is 20.8 Å². The first-order chi connectivity index (χ1) is 18.5. The molecule has 0 saturated carbocycles. The van der Waals surface area contributed by atoms with Gasteiger partial charge in [-0.15, -0.1) is 0 Å². The van der Waals surface area contributed by atoms with Crippen molar-refractivity contribution >= 4 is 22.8 Å². The number of piperidine rings is 1. The van der Waals surface area contributed by atoms with Crippen molar-refractivity contribution in [3.05, 3.63) is 60.2 Å². The average molecular weight is 541 g/mol. The summed E-state index contributed by atoms with van der Waals surface area (Å²) in [5, 5.41) is 8.16. The van der Waals surface area contributed by atoms with Crippen LogP contribution in [0.3, 0.4) is 0 Å². The molecule has 0 bridgehead atoms. The second-order valence-corrected chi connectivity index (χ2v) is 10.3. The fourth-order valence-electron chi connectivity index (χ4n) is 4.61. The van der Waals surface area contributed by atoms with Crippen molar-refractivity contribution in [1.82, 2.24) is 25.1 Å². The number of rotatable bonds is 5. The number of esters is 1. The fraction of sp³-hybridized carbons (Fsp3) is 0.333. The van der Waals surface area contributed by atoms with Crippen LogP contribution in [0.2, 0.25) is 0 Å². The molecule has 1 unspecified atom stereocenters. The highest BCUT2D eigenvalue weighted by atomic mass is 19.2. The standard InChI is InChI=1S/C27H27F3N6O3/c1-26(2,3)39-25(37)27(10-5-11-32-13-27)36-24-20(23(31)33-14-34-24)22(35-36)16-9-8-15(12-18(16)29)38-19-7-4-6-17(28)21(19)30/h4,6-9,12,14,32H,5,10-11,13H2,1-3H3,(H2,31,33,34). The van der Waals surface area contributed by atoms with Gasteiger partial charge in [-0.25, -0.2) is 28.2 Å². The lowest BCUT2D eigenvalue weighted by atomic mass is 9.90. The van der Waals surface area contributed by atoms with Crippen LogP contribution in [0.15, 0.2) is 42.7 Å². The summed E-state index contributed by atoms with van der Waals surface area (Å²) in [5.74, 6) is -3.96. The maximum absolute atomic E-state index is 15.5. The van der Waals surface area contributed by atoms with Gasteiger partial charge in [0.1, 0.15) is 35.0 Å². The van der Waals surface area contributed by atoms with Crippen molar-refractivity contribution < 1.29 is 27.4 Å². The molecule has 1 saturated heterocycles. The number of benzene rings is 2. The summed E-state index contributed by atoms with van der Waals surface area (Å²) in [6.45, 7) is 6.25. The molecule has 1 aliphatic heterocycles. The largest absolute Gasteiger partial charge is 0.458 e. The zero-order valence-corrected chi connectivity index (χ0v) is 21.6. The number of hydrogen-bond donors (Lipinski definition) is 2. The van der Waals surface area contributed by atoms with E-state index in [1.807, 2.05) is 0 Å². The maximum Gasteiger partial charge on any atom is 0.336 e. The topological polar surface area (TPSA) is 117 Å². The molecule has 1 aliphatic rings. The monoisotopic (exact) mass is 540 g/mol. The number of carbonyl (C=O) groups is 1. The Morgan fingerprint density at radius 2 is 1.92 bits per heavy atom. The molecule has 9 nitrogen and oxygen atoms in total. The van der Waals surface area contributed by atoms with Crippen molar-refractivity contribution in [3.8, 4) is 22.8 Å². The van der Waals surface area contributed by atoms with Crippen molar-refractivity contribution in [3.63, 3.8) is 0 Å². The quantitative estimate of drug-likeness (QED) is 0.350. The number of halogens is 3. The van der Waals surface area contributed by atoms with E-state index < -0.39 is 40.3 Å². The van der Waals surface area contributed by atoms with Crippen molar-refractivity contribution in [1.29, 1.82) is 0 Å². The summed E-state index contributed by atoms with van der Waals surface area (Å²) >= 11 is 0. The Hall–Kier alpha value is -4.19. The summed E-state index contributed by atoms with van der Waals surface area (Å²) < 4.78 is 55.7. The predicted octanol–water partition coefficient (Wildman–Crippen LogP) is 4.71. The number of nitrogens with one attached hydrogen (secondary N) is 1. The SMILES string of the molecule is CC(C)(C)OC(=O)C1(n2nc(-c3ccc(Oc4cccc(F)c4F)cc3F)c3c(N)ncnc32)CCCNC1. The van der Waals surface area contributed by atoms with E-state index in [0.717, 1.165) is 12.1 Å². The lowest BCUT2D eigenvalue weighted by Crippen LogP contribution is -2.55. The number of hydrogen-bond acceptors (Lipinski definition) is 8. The highest BCUT2D eigenvalue weighted by Crippen LogP contribution is 2.38. The molecule has 0 spiro atoms. The number of nitrogen functional groups attached to an aromatic ring is 1. The Morgan fingerprint density at radius 1 is 1.13 bits per heavy atom. The molecule has 5 rings (SSSR count). The number of ether oxygens (including phenoxy) is 2. The van der Waals surface area contributed by atoms with Crippen LogP contribution in [-0.4, -0.2) is 44.4 Å². The van der Waals surface area contributed by atoms with E-state index >= 15 is 4.39 Å². The van der Waals surface area contributed by atoms with Gasteiger partial charge in [0.25, 0.3) is 0 Å². The predicted molar refractivity (Wildman–Crippen MR) is 137 cm³/mol. The summed E-state index contributed by atoms with van der Waals surface area (Å²) in [7, 11) is 0. The van der Waals surface area contributed by atoms with Crippen LogP contribution in [0.1, 0.15) is 33.6 Å². The molecule has 0 amide bonds. The van der Waals surface area contributed by atoms with Crippen molar-refractivity contribution in [2.45, 2.75) is 44.8 Å². The molecular formula is C27H27F3N6O3. The first-order valence-electron chi connectivity index (χ1n) is 12.4. The molecule has 1 fully saturated rings. The summed E-state index contributed by atoms with van der Waals surface area (Å²) in [6.07, 6.45) is 2.32. The third kappa shape index (κ3) is 4.87. The zero-order chi connectivity index (χ0) is 27.9. The van der Waals surface area contributed by atoms with Gasteiger partial charge in [-0.1, -0.05) is 6.07 Å². The van der Waals surface area contributed by atoms with Crippen LogP contribution in [0.5, 0.6) is 11.5 Å². The number of fused-ring (bicyclic) bond motifs is 1. The average Bonchev–Trinajstić information content (AvgIpc) is 3.27. The number of aromatic nitrogens is 4. The minimum atomic E-state index is -1.27. The van der Waals surface area contributed by atoms with Gasteiger partial charge in [0.05, 0.1) is 5.39 Å². The van der Waals surface area contributed by atoms with Crippen LogP contribution in [0.4, 0.5) is 19.0 Å². The third-order valence-electron chi connectivity index (χ3n) is 6.38. The molecule has 0 radical (unpaired) electrons. The molecule has 2 aromatic carbocycles. The van der Waals surface area contributed by atoms with E-state index in [2.05, 4.69) is 20.4 Å². The Morgan fingerprint density at radius 3 is 2.62 bits per heavy atom. The lowest BCUT2D eigenvalue weighted by Gasteiger charge is -2.37. The van der Waals surface area contributed by atoms with E-state index in [-0.39, 0.29) is 40.4 Å². The van der Waals surface area contributed by atoms with E-state index in [9.17, 15) is 13.6 Å². The summed E-state index contributed by atoms with van der Waals surface area (Å²) in [5.41, 5.74) is 4.56. The van der Waals surface area contributed by atoms with Crippen molar-refractivity contribution in [2.24, 2.45) is 0 Å². The molecule has 1 atom stereocenters. The van der Waals surface area contributed by atoms with E-state index in [4.69, 9.17) is 15.2 Å². The molecular weight excluding hydrogens is 513 g/mol. The summed E-state index contributed by atoms with van der Waals surface area (Å²) in [4.78, 5) is 22.0. The van der Waals surface area contributed by atoms with Gasteiger partial charge in [0, 0.05) is 18.2 Å². The van der Waals surface area contributed by atoms with Gasteiger partial charge >= 0.3 is 5.97 Å². The second kappa shape index (κ2) is 9.84. The molecule has 3 heterocycles. The lowest BCUT2D eigenvalue weighted by molar-refractivity contribution is -0.167. The minimum Gasteiger partial charge on any atom is -0.458 e. The van der Waals surface area contributed by atoms with Crippen LogP contribution >= 0.6 is 0 Å². The van der Waals surface area contributed by atoms with Gasteiger partial charge in [0.2, 0.25) is 5.82 Å². The molecule has 2 aromatic heterocycles. The molecule has 12 heteroatoms. The number of carbonyl (C=O) groups excluding carboxylic acids is 1. The third-order valence-corrected chi connectivity index (χ3v) is 6.38. The van der Waals surface area contributed by atoms with Gasteiger partial charge < -0.3 is 20.5 Å². The molecule has 39 heavy (non-hydrogen) atoms. The number of nitrogens with zero attached hydrogens (tertiary/aromatic N) is 4. The molecule has 3 N–H and O–H groups in total. The van der Waals surface area contributed by atoms with Gasteiger partial charge in [-0.3, -0.25) is 0 Å². The number of nitrogens with two attached hydrogens (primary N) is 1. The normalized spacial score (nSPS) is 17.8. The Kier molecular flexibility index (Phi) is 6.67. The Balaban J connectivity index is 1.62.